The van der Waals surface area contributed by atoms with Gasteiger partial charge in [0.15, 0.2) is 0 Å². The molecule has 2 aromatic heterocycles. The zero-order valence-electron chi connectivity index (χ0n) is 17.5. The monoisotopic (exact) mass is 438 g/mol. The zero-order valence-corrected chi connectivity index (χ0v) is 17.5. The van der Waals surface area contributed by atoms with Gasteiger partial charge in [0, 0.05) is 44.7 Å². The molecule has 0 aromatic carbocycles. The van der Waals surface area contributed by atoms with Gasteiger partial charge in [-0.3, -0.25) is 18.7 Å². The van der Waals surface area contributed by atoms with Gasteiger partial charge < -0.3 is 4.90 Å². The van der Waals surface area contributed by atoms with Crippen molar-refractivity contribution in [3.05, 3.63) is 38.2 Å². The summed E-state index contributed by atoms with van der Waals surface area (Å²) >= 11 is 0. The van der Waals surface area contributed by atoms with Crippen molar-refractivity contribution in [3.8, 4) is 0 Å². The van der Waals surface area contributed by atoms with Gasteiger partial charge in [0.05, 0.1) is 10.9 Å². The average molecular weight is 438 g/mol. The second-order valence-electron chi connectivity index (χ2n) is 8.58. The van der Waals surface area contributed by atoms with E-state index in [-0.39, 0.29) is 29.1 Å². The predicted molar refractivity (Wildman–Crippen MR) is 108 cm³/mol. The molecule has 1 saturated heterocycles. The fourth-order valence-electron chi connectivity index (χ4n) is 4.83. The number of alkyl halides is 3. The van der Waals surface area contributed by atoms with Crippen LogP contribution in [0.3, 0.4) is 0 Å². The van der Waals surface area contributed by atoms with Gasteiger partial charge in [0.25, 0.3) is 5.56 Å². The Morgan fingerprint density at radius 2 is 1.65 bits per heavy atom. The molecule has 1 saturated carbocycles. The van der Waals surface area contributed by atoms with Crippen LogP contribution in [0.15, 0.2) is 15.7 Å². The number of nitrogens with zero attached hydrogens (tertiary/aromatic N) is 4. The SMILES string of the molecule is Cn1c(=O)c2c(C(F)(F)F)cc(C3CCN(C(=O)C4CCCC4)CC3)nc2n(C)c1=O. The molecule has 10 heteroatoms. The molecule has 1 amide bonds. The molecule has 4 rings (SSSR count). The molecule has 7 nitrogen and oxygen atoms in total. The van der Waals surface area contributed by atoms with Crippen molar-refractivity contribution >= 4 is 16.9 Å². The summed E-state index contributed by atoms with van der Waals surface area (Å²) < 4.78 is 43.1. The molecule has 1 aliphatic heterocycles. The Bertz CT molecular complexity index is 1140. The van der Waals surface area contributed by atoms with E-state index in [1.54, 1.807) is 0 Å². The normalized spacial score (nSPS) is 18.8. The lowest BCUT2D eigenvalue weighted by Crippen LogP contribution is -2.41. The number of carbonyl (C=O) groups is 1. The summed E-state index contributed by atoms with van der Waals surface area (Å²) in [5, 5.41) is -0.602. The highest BCUT2D eigenvalue weighted by molar-refractivity contribution is 5.80. The Kier molecular flexibility index (Phi) is 5.43. The summed E-state index contributed by atoms with van der Waals surface area (Å²) in [4.78, 5) is 43.5. The van der Waals surface area contributed by atoms with Crippen molar-refractivity contribution in [3.63, 3.8) is 0 Å². The first-order valence-electron chi connectivity index (χ1n) is 10.6. The van der Waals surface area contributed by atoms with Crippen molar-refractivity contribution in [2.75, 3.05) is 13.1 Å². The highest BCUT2D eigenvalue weighted by atomic mass is 19.4. The van der Waals surface area contributed by atoms with E-state index in [0.717, 1.165) is 43.4 Å². The van der Waals surface area contributed by atoms with Crippen molar-refractivity contribution in [1.82, 2.24) is 19.0 Å². The molecule has 31 heavy (non-hydrogen) atoms. The maximum absolute atomic E-state index is 13.8. The lowest BCUT2D eigenvalue weighted by atomic mass is 9.91. The summed E-state index contributed by atoms with van der Waals surface area (Å²) in [5.41, 5.74) is -2.87. The molecule has 0 N–H and O–H groups in total. The number of carbonyl (C=O) groups excluding carboxylic acids is 1. The molecule has 0 atom stereocenters. The van der Waals surface area contributed by atoms with Crippen molar-refractivity contribution in [2.24, 2.45) is 20.0 Å². The minimum Gasteiger partial charge on any atom is -0.342 e. The Hall–Kier alpha value is -2.65. The summed E-state index contributed by atoms with van der Waals surface area (Å²) in [6.45, 7) is 0.938. The van der Waals surface area contributed by atoms with E-state index in [9.17, 15) is 27.6 Å². The molecular formula is C21H25F3N4O3. The number of pyridine rings is 1. The third-order valence-electron chi connectivity index (χ3n) is 6.66. The molecule has 2 aliphatic rings. The lowest BCUT2D eigenvalue weighted by Gasteiger charge is -2.33. The summed E-state index contributed by atoms with van der Waals surface area (Å²) in [7, 11) is 2.46. The Labute approximate surface area is 176 Å². The smallest absolute Gasteiger partial charge is 0.342 e. The third-order valence-corrected chi connectivity index (χ3v) is 6.66. The van der Waals surface area contributed by atoms with Crippen LogP contribution in [0.2, 0.25) is 0 Å². The fraction of sp³-hybridized carbons (Fsp3) is 0.619. The summed E-state index contributed by atoms with van der Waals surface area (Å²) in [5.74, 6) is -0.0699. The first-order valence-corrected chi connectivity index (χ1v) is 10.6. The van der Waals surface area contributed by atoms with Crippen LogP contribution >= 0.6 is 0 Å². The quantitative estimate of drug-likeness (QED) is 0.722. The maximum atomic E-state index is 13.8. The standard InChI is InChI=1S/C21H25F3N4O3/c1-26-17-16(19(30)27(2)20(26)31)14(21(22,23)24)11-15(25-17)12-7-9-28(10-8-12)18(29)13-5-3-4-6-13/h11-13H,3-10H2,1-2H3. The predicted octanol–water partition coefficient (Wildman–Crippen LogP) is 2.55. The molecule has 2 aromatic rings. The van der Waals surface area contributed by atoms with Crippen LogP contribution in [0.1, 0.15) is 55.7 Å². The van der Waals surface area contributed by atoms with Gasteiger partial charge >= 0.3 is 11.9 Å². The van der Waals surface area contributed by atoms with Gasteiger partial charge in [-0.25, -0.2) is 9.78 Å². The topological polar surface area (TPSA) is 77.2 Å². The molecule has 3 heterocycles. The largest absolute Gasteiger partial charge is 0.417 e. The number of rotatable bonds is 2. The van der Waals surface area contributed by atoms with E-state index in [2.05, 4.69) is 4.98 Å². The maximum Gasteiger partial charge on any atom is 0.417 e. The zero-order chi connectivity index (χ0) is 22.5. The van der Waals surface area contributed by atoms with Crippen molar-refractivity contribution in [2.45, 2.75) is 50.6 Å². The Morgan fingerprint density at radius 3 is 2.23 bits per heavy atom. The van der Waals surface area contributed by atoms with Crippen molar-refractivity contribution < 1.29 is 18.0 Å². The van der Waals surface area contributed by atoms with Crippen LogP contribution < -0.4 is 11.2 Å². The van der Waals surface area contributed by atoms with Crippen LogP contribution in [0.25, 0.3) is 11.0 Å². The lowest BCUT2D eigenvalue weighted by molar-refractivity contribution is -0.136. The molecule has 1 aliphatic carbocycles. The number of amides is 1. The summed E-state index contributed by atoms with van der Waals surface area (Å²) in [6.07, 6.45) is 0.156. The molecule has 0 radical (unpaired) electrons. The van der Waals surface area contributed by atoms with Gasteiger partial charge in [0.1, 0.15) is 5.65 Å². The van der Waals surface area contributed by atoms with E-state index in [0.29, 0.717) is 30.5 Å². The Balaban J connectivity index is 1.70. The van der Waals surface area contributed by atoms with Crippen LogP contribution in [-0.4, -0.2) is 38.0 Å². The first-order chi connectivity index (χ1) is 14.6. The van der Waals surface area contributed by atoms with Crippen LogP contribution in [0.4, 0.5) is 13.2 Å². The van der Waals surface area contributed by atoms with Gasteiger partial charge in [-0.2, -0.15) is 13.2 Å². The average Bonchev–Trinajstić information content (AvgIpc) is 3.29. The highest BCUT2D eigenvalue weighted by Crippen LogP contribution is 2.37. The van der Waals surface area contributed by atoms with Gasteiger partial charge in [-0.1, -0.05) is 12.8 Å². The summed E-state index contributed by atoms with van der Waals surface area (Å²) in [6, 6.07) is 0.938. The highest BCUT2D eigenvalue weighted by Gasteiger charge is 2.37. The van der Waals surface area contributed by atoms with Gasteiger partial charge in [-0.15, -0.1) is 0 Å². The molecule has 0 bridgehead atoms. The molecule has 2 fully saturated rings. The minimum atomic E-state index is -4.77. The Morgan fingerprint density at radius 1 is 1.03 bits per heavy atom. The van der Waals surface area contributed by atoms with Gasteiger partial charge in [0.2, 0.25) is 5.91 Å². The molecule has 0 unspecified atom stereocenters. The third kappa shape index (κ3) is 3.76. The second kappa shape index (κ2) is 7.80. The molecule has 168 valence electrons. The number of fused-ring (bicyclic) bond motifs is 1. The van der Waals surface area contributed by atoms with Gasteiger partial charge in [-0.05, 0) is 31.7 Å². The number of piperidine rings is 1. The fourth-order valence-corrected chi connectivity index (χ4v) is 4.83. The van der Waals surface area contributed by atoms with Crippen molar-refractivity contribution in [1.29, 1.82) is 0 Å². The van der Waals surface area contributed by atoms with E-state index in [4.69, 9.17) is 0 Å². The second-order valence-corrected chi connectivity index (χ2v) is 8.58. The number of aromatic nitrogens is 3. The molecule has 0 spiro atoms. The van der Waals surface area contributed by atoms with Crippen LogP contribution in [-0.2, 0) is 25.1 Å². The van der Waals surface area contributed by atoms with E-state index >= 15 is 0 Å². The molecular weight excluding hydrogens is 413 g/mol. The van der Waals surface area contributed by atoms with E-state index in [1.807, 2.05) is 4.90 Å². The number of hydrogen-bond donors (Lipinski definition) is 0. The number of hydrogen-bond acceptors (Lipinski definition) is 4. The van der Waals surface area contributed by atoms with E-state index < -0.39 is 28.4 Å². The number of likely N-dealkylation sites (tertiary alicyclic amines) is 1. The first kappa shape index (κ1) is 21.6. The minimum absolute atomic E-state index is 0.0675. The van der Waals surface area contributed by atoms with Crippen LogP contribution in [0, 0.1) is 5.92 Å². The number of halogens is 3. The van der Waals surface area contributed by atoms with Crippen LogP contribution in [0.5, 0.6) is 0 Å². The number of aryl methyl sites for hydroxylation is 1. The van der Waals surface area contributed by atoms with E-state index in [1.165, 1.54) is 7.05 Å².